The Kier molecular flexibility index (Phi) is 3.64. The van der Waals surface area contributed by atoms with E-state index in [4.69, 9.17) is 4.74 Å². The van der Waals surface area contributed by atoms with Crippen LogP contribution < -0.4 is 4.90 Å². The first-order valence-corrected chi connectivity index (χ1v) is 6.10. The molecule has 0 bridgehead atoms. The molecule has 3 atom stereocenters. The highest BCUT2D eigenvalue weighted by Gasteiger charge is 2.22. The average Bonchev–Trinajstić information content (AvgIpc) is 2.28. The molecule has 1 aliphatic rings. The van der Waals surface area contributed by atoms with Gasteiger partial charge in [-0.3, -0.25) is 4.98 Å². The molecule has 1 aliphatic heterocycles. The topological polar surface area (TPSA) is 45.6 Å². The van der Waals surface area contributed by atoms with E-state index in [1.807, 2.05) is 18.3 Å². The van der Waals surface area contributed by atoms with Crippen LogP contribution in [0, 0.1) is 0 Å². The van der Waals surface area contributed by atoms with E-state index >= 15 is 0 Å². The number of hydrogen-bond donors (Lipinski definition) is 1. The Balaban J connectivity index is 2.11. The molecule has 0 aromatic carbocycles. The summed E-state index contributed by atoms with van der Waals surface area (Å²) in [7, 11) is 0. The monoisotopic (exact) mass is 236 g/mol. The summed E-state index contributed by atoms with van der Waals surface area (Å²) in [6.07, 6.45) is 1.81. The lowest BCUT2D eigenvalue weighted by molar-refractivity contribution is -0.00524. The van der Waals surface area contributed by atoms with E-state index in [9.17, 15) is 5.11 Å². The highest BCUT2D eigenvalue weighted by molar-refractivity contribution is 5.45. The Morgan fingerprint density at radius 2 is 2.00 bits per heavy atom. The maximum Gasteiger partial charge on any atom is 0.0931 e. The third-order valence-corrected chi connectivity index (χ3v) is 2.98. The lowest BCUT2D eigenvalue weighted by atomic mass is 10.2. The van der Waals surface area contributed by atoms with Crippen LogP contribution in [-0.2, 0) is 4.74 Å². The van der Waals surface area contributed by atoms with Gasteiger partial charge in [-0.25, -0.2) is 0 Å². The Hall–Kier alpha value is -1.13. The van der Waals surface area contributed by atoms with Gasteiger partial charge < -0.3 is 14.7 Å². The largest absolute Gasteiger partial charge is 0.387 e. The predicted molar refractivity (Wildman–Crippen MR) is 67.1 cm³/mol. The first-order valence-electron chi connectivity index (χ1n) is 6.10. The second-order valence-electron chi connectivity index (χ2n) is 4.78. The van der Waals surface area contributed by atoms with Crippen LogP contribution in [-0.4, -0.2) is 35.4 Å². The van der Waals surface area contributed by atoms with Crippen LogP contribution in [0.15, 0.2) is 18.3 Å². The minimum Gasteiger partial charge on any atom is -0.387 e. The van der Waals surface area contributed by atoms with Gasteiger partial charge in [-0.1, -0.05) is 0 Å². The molecule has 94 valence electrons. The van der Waals surface area contributed by atoms with Gasteiger partial charge in [-0.15, -0.1) is 0 Å². The summed E-state index contributed by atoms with van der Waals surface area (Å²) in [6.45, 7) is 7.67. The predicted octanol–water partition coefficient (Wildman–Crippen LogP) is 1.75. The van der Waals surface area contributed by atoms with Crippen molar-refractivity contribution >= 4 is 5.69 Å². The minimum atomic E-state index is -0.508. The Bertz CT molecular complexity index is 354. The molecular weight excluding hydrogens is 216 g/mol. The SMILES string of the molecule is CC1CN(c2ccc([C@H](C)O)nc2)CC(C)O1. The minimum absolute atomic E-state index is 0.246. The molecule has 2 heterocycles. The maximum absolute atomic E-state index is 9.41. The summed E-state index contributed by atoms with van der Waals surface area (Å²) < 4.78 is 5.70. The van der Waals surface area contributed by atoms with E-state index in [1.165, 1.54) is 0 Å². The molecule has 1 N–H and O–H groups in total. The molecule has 0 saturated carbocycles. The zero-order valence-corrected chi connectivity index (χ0v) is 10.6. The summed E-state index contributed by atoms with van der Waals surface area (Å²) in [5, 5.41) is 9.41. The average molecular weight is 236 g/mol. The van der Waals surface area contributed by atoms with Crippen LogP contribution in [0.25, 0.3) is 0 Å². The molecule has 0 spiro atoms. The smallest absolute Gasteiger partial charge is 0.0931 e. The maximum atomic E-state index is 9.41. The first kappa shape index (κ1) is 12.3. The third kappa shape index (κ3) is 2.96. The standard InChI is InChI=1S/C13H20N2O2/c1-9-7-15(8-10(2)17-9)12-4-5-13(11(3)16)14-6-12/h4-6,9-11,16H,7-8H2,1-3H3/t9?,10?,11-/m0/s1. The van der Waals surface area contributed by atoms with E-state index in [1.54, 1.807) is 6.92 Å². The molecule has 2 rings (SSSR count). The number of anilines is 1. The lowest BCUT2D eigenvalue weighted by Gasteiger charge is -2.36. The summed E-state index contributed by atoms with van der Waals surface area (Å²) >= 11 is 0. The zero-order valence-electron chi connectivity index (χ0n) is 10.6. The third-order valence-electron chi connectivity index (χ3n) is 2.98. The quantitative estimate of drug-likeness (QED) is 0.849. The van der Waals surface area contributed by atoms with Crippen LogP contribution in [0.3, 0.4) is 0 Å². The summed E-state index contributed by atoms with van der Waals surface area (Å²) in [5.74, 6) is 0. The number of morpholine rings is 1. The normalized spacial score (nSPS) is 26.9. The van der Waals surface area contributed by atoms with E-state index in [0.29, 0.717) is 5.69 Å². The number of ether oxygens (including phenoxy) is 1. The van der Waals surface area contributed by atoms with Gasteiger partial charge in [-0.2, -0.15) is 0 Å². The van der Waals surface area contributed by atoms with Crippen molar-refractivity contribution in [3.63, 3.8) is 0 Å². The van der Waals surface area contributed by atoms with E-state index < -0.39 is 6.10 Å². The van der Waals surface area contributed by atoms with Crippen molar-refractivity contribution in [3.05, 3.63) is 24.0 Å². The van der Waals surface area contributed by atoms with Crippen molar-refractivity contribution in [2.24, 2.45) is 0 Å². The van der Waals surface area contributed by atoms with Crippen LogP contribution in [0.4, 0.5) is 5.69 Å². The Morgan fingerprint density at radius 3 is 2.47 bits per heavy atom. The number of aromatic nitrogens is 1. The van der Waals surface area contributed by atoms with Gasteiger partial charge in [0.25, 0.3) is 0 Å². The van der Waals surface area contributed by atoms with Crippen LogP contribution in [0.2, 0.25) is 0 Å². The molecule has 1 fully saturated rings. The molecule has 4 heteroatoms. The fraction of sp³-hybridized carbons (Fsp3) is 0.615. The Morgan fingerprint density at radius 1 is 1.35 bits per heavy atom. The molecule has 0 aliphatic carbocycles. The second-order valence-corrected chi connectivity index (χ2v) is 4.78. The molecule has 2 unspecified atom stereocenters. The van der Waals surface area contributed by atoms with Crippen molar-refractivity contribution in [2.75, 3.05) is 18.0 Å². The molecule has 0 amide bonds. The number of aliphatic hydroxyl groups is 1. The fourth-order valence-corrected chi connectivity index (χ4v) is 2.22. The van der Waals surface area contributed by atoms with Gasteiger partial charge in [0.05, 0.1) is 35.9 Å². The number of pyridine rings is 1. The van der Waals surface area contributed by atoms with Crippen molar-refractivity contribution < 1.29 is 9.84 Å². The number of rotatable bonds is 2. The number of nitrogens with zero attached hydrogens (tertiary/aromatic N) is 2. The van der Waals surface area contributed by atoms with Gasteiger partial charge in [0.15, 0.2) is 0 Å². The van der Waals surface area contributed by atoms with Gasteiger partial charge in [0, 0.05) is 13.1 Å². The van der Waals surface area contributed by atoms with Crippen molar-refractivity contribution in [1.82, 2.24) is 4.98 Å². The van der Waals surface area contributed by atoms with Gasteiger partial charge in [0.2, 0.25) is 0 Å². The number of aliphatic hydroxyl groups excluding tert-OH is 1. The van der Waals surface area contributed by atoms with Gasteiger partial charge in [-0.05, 0) is 32.9 Å². The second kappa shape index (κ2) is 5.02. The molecule has 1 aromatic rings. The summed E-state index contributed by atoms with van der Waals surface area (Å²) in [4.78, 5) is 6.55. The van der Waals surface area contributed by atoms with E-state index in [2.05, 4.69) is 23.7 Å². The van der Waals surface area contributed by atoms with Crippen LogP contribution in [0.1, 0.15) is 32.6 Å². The fourth-order valence-electron chi connectivity index (χ4n) is 2.22. The van der Waals surface area contributed by atoms with Gasteiger partial charge >= 0.3 is 0 Å². The highest BCUT2D eigenvalue weighted by Crippen LogP contribution is 2.20. The van der Waals surface area contributed by atoms with Crippen LogP contribution >= 0.6 is 0 Å². The summed E-state index contributed by atoms with van der Waals surface area (Å²) in [5.41, 5.74) is 1.81. The van der Waals surface area contributed by atoms with E-state index in [-0.39, 0.29) is 12.2 Å². The van der Waals surface area contributed by atoms with Gasteiger partial charge in [0.1, 0.15) is 0 Å². The molecule has 4 nitrogen and oxygen atoms in total. The van der Waals surface area contributed by atoms with Crippen molar-refractivity contribution in [1.29, 1.82) is 0 Å². The number of hydrogen-bond acceptors (Lipinski definition) is 4. The van der Waals surface area contributed by atoms with Crippen molar-refractivity contribution in [2.45, 2.75) is 39.1 Å². The first-order chi connectivity index (χ1) is 8.06. The molecule has 0 radical (unpaired) electrons. The molecular formula is C13H20N2O2. The molecule has 17 heavy (non-hydrogen) atoms. The Labute approximate surface area is 102 Å². The van der Waals surface area contributed by atoms with Crippen molar-refractivity contribution in [3.8, 4) is 0 Å². The lowest BCUT2D eigenvalue weighted by Crippen LogP contribution is -2.45. The molecule has 1 aromatic heterocycles. The highest BCUT2D eigenvalue weighted by atomic mass is 16.5. The van der Waals surface area contributed by atoms with E-state index in [0.717, 1.165) is 18.8 Å². The van der Waals surface area contributed by atoms with Crippen LogP contribution in [0.5, 0.6) is 0 Å². The summed E-state index contributed by atoms with van der Waals surface area (Å²) in [6, 6.07) is 3.89. The molecule has 1 saturated heterocycles. The zero-order chi connectivity index (χ0) is 12.4.